The van der Waals surface area contributed by atoms with Crippen molar-refractivity contribution in [1.82, 2.24) is 0 Å². The molecular formula is C15H30O6. The zero-order valence-corrected chi connectivity index (χ0v) is 13.9. The molecule has 126 valence electrons. The van der Waals surface area contributed by atoms with E-state index in [0.29, 0.717) is 0 Å². The second kappa shape index (κ2) is 8.41. The molecule has 0 aromatic carbocycles. The Balaban J connectivity index is 2.93. The molecule has 0 amide bonds. The standard InChI is InChI=1S/C15H30O6/c1-8(2)18-13-11(7-16)21-15(20-10(5)6)12(17)14(13)19-9(3)4/h8-17H,7H2,1-6H3. The Bertz CT molecular complexity index is 294. The molecule has 6 nitrogen and oxygen atoms in total. The van der Waals surface area contributed by atoms with Gasteiger partial charge < -0.3 is 29.2 Å². The summed E-state index contributed by atoms with van der Waals surface area (Å²) in [5.74, 6) is 0. The second-order valence-corrected chi connectivity index (χ2v) is 6.20. The van der Waals surface area contributed by atoms with Gasteiger partial charge in [0.2, 0.25) is 0 Å². The first-order valence-corrected chi connectivity index (χ1v) is 7.67. The van der Waals surface area contributed by atoms with E-state index in [-0.39, 0.29) is 24.9 Å². The summed E-state index contributed by atoms with van der Waals surface area (Å²) in [6, 6.07) is 0. The van der Waals surface area contributed by atoms with Gasteiger partial charge in [-0.1, -0.05) is 0 Å². The number of ether oxygens (including phenoxy) is 4. The van der Waals surface area contributed by atoms with Gasteiger partial charge in [0.25, 0.3) is 0 Å². The summed E-state index contributed by atoms with van der Waals surface area (Å²) < 4.78 is 22.9. The van der Waals surface area contributed by atoms with Gasteiger partial charge in [-0.25, -0.2) is 0 Å². The van der Waals surface area contributed by atoms with Crippen molar-refractivity contribution in [1.29, 1.82) is 0 Å². The normalized spacial score (nSPS) is 34.1. The van der Waals surface area contributed by atoms with Crippen LogP contribution in [0.5, 0.6) is 0 Å². The highest BCUT2D eigenvalue weighted by Gasteiger charge is 2.48. The van der Waals surface area contributed by atoms with Crippen molar-refractivity contribution < 1.29 is 29.2 Å². The van der Waals surface area contributed by atoms with E-state index < -0.39 is 30.7 Å². The lowest BCUT2D eigenvalue weighted by molar-refractivity contribution is -0.327. The fourth-order valence-electron chi connectivity index (χ4n) is 2.37. The number of aliphatic hydroxyl groups excluding tert-OH is 2. The molecule has 0 aromatic rings. The van der Waals surface area contributed by atoms with Crippen LogP contribution in [0.1, 0.15) is 41.5 Å². The minimum Gasteiger partial charge on any atom is -0.394 e. The van der Waals surface area contributed by atoms with E-state index in [1.807, 2.05) is 41.5 Å². The van der Waals surface area contributed by atoms with E-state index in [1.54, 1.807) is 0 Å². The van der Waals surface area contributed by atoms with Crippen molar-refractivity contribution in [3.8, 4) is 0 Å². The average molecular weight is 306 g/mol. The Labute approximate surface area is 127 Å². The first-order valence-electron chi connectivity index (χ1n) is 7.67. The SMILES string of the molecule is CC(C)OC1OC(CO)C(OC(C)C)C(OC(C)C)C1O. The third-order valence-corrected chi connectivity index (χ3v) is 3.06. The van der Waals surface area contributed by atoms with E-state index >= 15 is 0 Å². The lowest BCUT2D eigenvalue weighted by atomic mass is 9.98. The molecular weight excluding hydrogens is 276 g/mol. The Morgan fingerprint density at radius 2 is 1.33 bits per heavy atom. The molecule has 0 bridgehead atoms. The summed E-state index contributed by atoms with van der Waals surface area (Å²) in [4.78, 5) is 0. The molecule has 1 aliphatic rings. The monoisotopic (exact) mass is 306 g/mol. The molecule has 6 heteroatoms. The predicted octanol–water partition coefficient (Wildman–Crippen LogP) is 1.08. The fraction of sp³-hybridized carbons (Fsp3) is 1.00. The molecule has 0 aromatic heterocycles. The van der Waals surface area contributed by atoms with Gasteiger partial charge in [0.15, 0.2) is 6.29 Å². The largest absolute Gasteiger partial charge is 0.394 e. The number of aliphatic hydroxyl groups is 2. The van der Waals surface area contributed by atoms with Crippen LogP contribution >= 0.6 is 0 Å². The van der Waals surface area contributed by atoms with Crippen LogP contribution in [0.4, 0.5) is 0 Å². The molecule has 1 fully saturated rings. The highest BCUT2D eigenvalue weighted by molar-refractivity contribution is 4.92. The zero-order valence-electron chi connectivity index (χ0n) is 13.9. The summed E-state index contributed by atoms with van der Waals surface area (Å²) in [6.07, 6.45) is -3.81. The lowest BCUT2D eigenvalue weighted by Crippen LogP contribution is -2.62. The van der Waals surface area contributed by atoms with Gasteiger partial charge >= 0.3 is 0 Å². The van der Waals surface area contributed by atoms with Crippen molar-refractivity contribution in [2.45, 2.75) is 90.6 Å². The molecule has 0 radical (unpaired) electrons. The minimum atomic E-state index is -0.971. The molecule has 1 rings (SSSR count). The minimum absolute atomic E-state index is 0.0688. The molecule has 0 spiro atoms. The molecule has 5 atom stereocenters. The van der Waals surface area contributed by atoms with Crippen molar-refractivity contribution >= 4 is 0 Å². The van der Waals surface area contributed by atoms with Crippen LogP contribution in [-0.2, 0) is 18.9 Å². The zero-order chi connectivity index (χ0) is 16.2. The Morgan fingerprint density at radius 3 is 1.76 bits per heavy atom. The summed E-state index contributed by atoms with van der Waals surface area (Å²) in [5, 5.41) is 20.1. The Hall–Kier alpha value is -0.240. The first kappa shape index (κ1) is 18.8. The van der Waals surface area contributed by atoms with E-state index in [1.165, 1.54) is 0 Å². The van der Waals surface area contributed by atoms with E-state index in [0.717, 1.165) is 0 Å². The third kappa shape index (κ3) is 5.47. The summed E-state index contributed by atoms with van der Waals surface area (Å²) in [6.45, 7) is 11.1. The van der Waals surface area contributed by atoms with Crippen molar-refractivity contribution in [3.63, 3.8) is 0 Å². The Morgan fingerprint density at radius 1 is 0.857 bits per heavy atom. The molecule has 1 heterocycles. The van der Waals surface area contributed by atoms with Gasteiger partial charge in [-0.3, -0.25) is 0 Å². The van der Waals surface area contributed by atoms with Crippen LogP contribution in [0.2, 0.25) is 0 Å². The maximum Gasteiger partial charge on any atom is 0.186 e. The molecule has 1 saturated heterocycles. The maximum absolute atomic E-state index is 10.5. The topological polar surface area (TPSA) is 77.4 Å². The second-order valence-electron chi connectivity index (χ2n) is 6.20. The van der Waals surface area contributed by atoms with Gasteiger partial charge in [-0.05, 0) is 41.5 Å². The van der Waals surface area contributed by atoms with Crippen LogP contribution in [0.3, 0.4) is 0 Å². The van der Waals surface area contributed by atoms with Gasteiger partial charge in [0.1, 0.15) is 24.4 Å². The maximum atomic E-state index is 10.5. The number of hydrogen-bond donors (Lipinski definition) is 2. The van der Waals surface area contributed by atoms with E-state index in [2.05, 4.69) is 0 Å². The predicted molar refractivity (Wildman–Crippen MR) is 78.0 cm³/mol. The molecule has 0 saturated carbocycles. The van der Waals surface area contributed by atoms with E-state index in [9.17, 15) is 10.2 Å². The van der Waals surface area contributed by atoms with Gasteiger partial charge in [0.05, 0.1) is 24.9 Å². The van der Waals surface area contributed by atoms with Gasteiger partial charge in [-0.15, -0.1) is 0 Å². The van der Waals surface area contributed by atoms with Gasteiger partial charge in [0, 0.05) is 0 Å². The fourth-order valence-corrected chi connectivity index (χ4v) is 2.37. The Kier molecular flexibility index (Phi) is 7.53. The van der Waals surface area contributed by atoms with Crippen molar-refractivity contribution in [2.24, 2.45) is 0 Å². The summed E-state index contributed by atoms with van der Waals surface area (Å²) in [5.41, 5.74) is 0. The number of hydrogen-bond acceptors (Lipinski definition) is 6. The van der Waals surface area contributed by atoms with Crippen molar-refractivity contribution in [2.75, 3.05) is 6.61 Å². The highest BCUT2D eigenvalue weighted by Crippen LogP contribution is 2.28. The van der Waals surface area contributed by atoms with Crippen LogP contribution in [0, 0.1) is 0 Å². The van der Waals surface area contributed by atoms with Crippen LogP contribution in [0.15, 0.2) is 0 Å². The van der Waals surface area contributed by atoms with Crippen LogP contribution < -0.4 is 0 Å². The van der Waals surface area contributed by atoms with Crippen molar-refractivity contribution in [3.05, 3.63) is 0 Å². The van der Waals surface area contributed by atoms with Gasteiger partial charge in [-0.2, -0.15) is 0 Å². The molecule has 1 aliphatic heterocycles. The average Bonchev–Trinajstić information content (AvgIpc) is 2.35. The number of rotatable bonds is 7. The highest BCUT2D eigenvalue weighted by atomic mass is 16.7. The first-order chi connectivity index (χ1) is 9.76. The van der Waals surface area contributed by atoms with Crippen LogP contribution in [0.25, 0.3) is 0 Å². The molecule has 0 aliphatic carbocycles. The quantitative estimate of drug-likeness (QED) is 0.733. The third-order valence-electron chi connectivity index (χ3n) is 3.06. The lowest BCUT2D eigenvalue weighted by Gasteiger charge is -2.45. The summed E-state index contributed by atoms with van der Waals surface area (Å²) in [7, 11) is 0. The summed E-state index contributed by atoms with van der Waals surface area (Å²) >= 11 is 0. The molecule has 2 N–H and O–H groups in total. The smallest absolute Gasteiger partial charge is 0.186 e. The molecule has 21 heavy (non-hydrogen) atoms. The molecule has 5 unspecified atom stereocenters. The van der Waals surface area contributed by atoms with Crippen LogP contribution in [-0.4, -0.2) is 65.8 Å². The van der Waals surface area contributed by atoms with E-state index in [4.69, 9.17) is 18.9 Å².